The number of aryl methyl sites for hydroxylation is 2. The molecule has 0 bridgehead atoms. The van der Waals surface area contributed by atoms with Gasteiger partial charge in [0.15, 0.2) is 0 Å². The number of anilines is 1. The molecule has 1 aliphatic rings. The molecule has 0 heterocycles. The highest BCUT2D eigenvalue weighted by Gasteiger charge is 2.15. The van der Waals surface area contributed by atoms with Crippen molar-refractivity contribution in [3.05, 3.63) is 70.9 Å². The SMILES string of the molecule is CCC(N/C=C(/C#N)C(=O)Nc1ccc(S(=O)(=O)O)cc1)c1ccc2c(c1)CCCC2. The molecule has 0 aliphatic heterocycles. The normalized spacial score (nSPS) is 14.8. The molecule has 0 saturated heterocycles. The molecule has 7 nitrogen and oxygen atoms in total. The van der Waals surface area contributed by atoms with E-state index >= 15 is 0 Å². The van der Waals surface area contributed by atoms with Gasteiger partial charge in [0.05, 0.1) is 10.9 Å². The summed E-state index contributed by atoms with van der Waals surface area (Å²) in [4.78, 5) is 12.2. The van der Waals surface area contributed by atoms with Gasteiger partial charge in [-0.1, -0.05) is 25.1 Å². The van der Waals surface area contributed by atoms with E-state index in [4.69, 9.17) is 4.55 Å². The number of rotatable bonds is 7. The van der Waals surface area contributed by atoms with Crippen LogP contribution in [0.1, 0.15) is 48.9 Å². The van der Waals surface area contributed by atoms with Crippen LogP contribution in [0.5, 0.6) is 0 Å². The van der Waals surface area contributed by atoms with Crippen LogP contribution in [-0.4, -0.2) is 18.9 Å². The molecule has 1 atom stereocenters. The highest BCUT2D eigenvalue weighted by atomic mass is 32.2. The van der Waals surface area contributed by atoms with Crippen molar-refractivity contribution < 1.29 is 17.8 Å². The summed E-state index contributed by atoms with van der Waals surface area (Å²) in [5.41, 5.74) is 4.10. The van der Waals surface area contributed by atoms with Gasteiger partial charge in [-0.3, -0.25) is 9.35 Å². The standard InChI is InChI=1S/C23H25N3O4S/c1-2-22(18-8-7-16-5-3-4-6-17(16)13-18)25-15-19(14-24)23(27)26-20-9-11-21(12-10-20)31(28,29)30/h7-13,15,22,25H,2-6H2,1H3,(H,26,27)(H,28,29,30)/b19-15-. The van der Waals surface area contributed by atoms with Crippen LogP contribution in [0.25, 0.3) is 0 Å². The number of carbonyl (C=O) groups is 1. The van der Waals surface area contributed by atoms with E-state index in [0.29, 0.717) is 5.69 Å². The zero-order chi connectivity index (χ0) is 22.4. The third kappa shape index (κ3) is 5.72. The largest absolute Gasteiger partial charge is 0.383 e. The zero-order valence-electron chi connectivity index (χ0n) is 17.3. The Kier molecular flexibility index (Phi) is 7.10. The lowest BCUT2D eigenvalue weighted by atomic mass is 9.89. The van der Waals surface area contributed by atoms with Gasteiger partial charge in [-0.15, -0.1) is 0 Å². The van der Waals surface area contributed by atoms with Crippen LogP contribution in [0.4, 0.5) is 5.69 Å². The monoisotopic (exact) mass is 439 g/mol. The van der Waals surface area contributed by atoms with E-state index in [-0.39, 0.29) is 16.5 Å². The van der Waals surface area contributed by atoms with Crippen LogP contribution in [0, 0.1) is 11.3 Å². The summed E-state index contributed by atoms with van der Waals surface area (Å²) in [6, 6.07) is 13.4. The van der Waals surface area contributed by atoms with E-state index < -0.39 is 16.0 Å². The number of fused-ring (bicyclic) bond motifs is 1. The lowest BCUT2D eigenvalue weighted by molar-refractivity contribution is -0.112. The second-order valence-corrected chi connectivity index (χ2v) is 8.91. The number of hydrogen-bond acceptors (Lipinski definition) is 5. The van der Waals surface area contributed by atoms with Crippen molar-refractivity contribution in [1.82, 2.24) is 5.32 Å². The predicted octanol–water partition coefficient (Wildman–Crippen LogP) is 3.90. The van der Waals surface area contributed by atoms with Crippen LogP contribution in [0.15, 0.2) is 59.1 Å². The van der Waals surface area contributed by atoms with Crippen molar-refractivity contribution in [2.75, 3.05) is 5.32 Å². The number of nitriles is 1. The molecule has 3 rings (SSSR count). The van der Waals surface area contributed by atoms with E-state index in [0.717, 1.165) is 24.8 Å². The molecule has 1 amide bonds. The third-order valence-corrected chi connectivity index (χ3v) is 6.26. The molecular formula is C23H25N3O4S. The topological polar surface area (TPSA) is 119 Å². The van der Waals surface area contributed by atoms with Crippen LogP contribution >= 0.6 is 0 Å². The molecule has 1 aliphatic carbocycles. The van der Waals surface area contributed by atoms with Gasteiger partial charge in [-0.2, -0.15) is 13.7 Å². The number of nitrogens with zero attached hydrogens (tertiary/aromatic N) is 1. The van der Waals surface area contributed by atoms with E-state index in [1.165, 1.54) is 54.4 Å². The van der Waals surface area contributed by atoms with Gasteiger partial charge in [0.2, 0.25) is 0 Å². The molecule has 2 aromatic rings. The molecule has 0 aromatic heterocycles. The predicted molar refractivity (Wildman–Crippen MR) is 118 cm³/mol. The fraction of sp³-hybridized carbons (Fsp3) is 0.304. The first-order valence-electron chi connectivity index (χ1n) is 10.2. The number of amides is 1. The molecular weight excluding hydrogens is 414 g/mol. The summed E-state index contributed by atoms with van der Waals surface area (Å²) in [6.07, 6.45) is 6.82. The molecule has 3 N–H and O–H groups in total. The van der Waals surface area contributed by atoms with Gasteiger partial charge in [-0.05, 0) is 73.1 Å². The number of benzene rings is 2. The van der Waals surface area contributed by atoms with Gasteiger partial charge < -0.3 is 10.6 Å². The van der Waals surface area contributed by atoms with Gasteiger partial charge >= 0.3 is 0 Å². The summed E-state index contributed by atoms with van der Waals surface area (Å²) in [7, 11) is -4.31. The minimum Gasteiger partial charge on any atom is -0.383 e. The average Bonchev–Trinajstić information content (AvgIpc) is 2.76. The fourth-order valence-corrected chi connectivity index (χ4v) is 4.14. The molecule has 2 aromatic carbocycles. The molecule has 8 heteroatoms. The van der Waals surface area contributed by atoms with E-state index in [1.807, 2.05) is 13.0 Å². The quantitative estimate of drug-likeness (QED) is 0.342. The van der Waals surface area contributed by atoms with Crippen molar-refractivity contribution in [1.29, 1.82) is 5.26 Å². The Balaban J connectivity index is 1.70. The van der Waals surface area contributed by atoms with Crippen LogP contribution in [0.2, 0.25) is 0 Å². The minimum atomic E-state index is -4.31. The number of carbonyl (C=O) groups excluding carboxylic acids is 1. The molecule has 1 unspecified atom stereocenters. The maximum Gasteiger partial charge on any atom is 0.294 e. The molecule has 0 spiro atoms. The van der Waals surface area contributed by atoms with E-state index in [1.54, 1.807) is 0 Å². The summed E-state index contributed by atoms with van der Waals surface area (Å²) >= 11 is 0. The second-order valence-electron chi connectivity index (χ2n) is 7.49. The summed E-state index contributed by atoms with van der Waals surface area (Å²) < 4.78 is 31.2. The Morgan fingerprint density at radius 2 is 1.84 bits per heavy atom. The Labute approximate surface area is 182 Å². The molecule has 0 radical (unpaired) electrons. The molecule has 0 saturated carbocycles. The molecule has 31 heavy (non-hydrogen) atoms. The maximum atomic E-state index is 12.4. The lowest BCUT2D eigenvalue weighted by Gasteiger charge is -2.21. The Morgan fingerprint density at radius 3 is 2.45 bits per heavy atom. The maximum absolute atomic E-state index is 12.4. The number of nitrogens with one attached hydrogen (secondary N) is 2. The summed E-state index contributed by atoms with van der Waals surface area (Å²) in [5, 5.41) is 15.1. The third-order valence-electron chi connectivity index (χ3n) is 5.39. The second kappa shape index (κ2) is 9.77. The van der Waals surface area contributed by atoms with E-state index in [2.05, 4.69) is 28.8 Å². The van der Waals surface area contributed by atoms with Crippen LogP contribution < -0.4 is 10.6 Å². The van der Waals surface area contributed by atoms with Crippen molar-refractivity contribution >= 4 is 21.7 Å². The molecule has 162 valence electrons. The first kappa shape index (κ1) is 22.5. The Bertz CT molecular complexity index is 1130. The van der Waals surface area contributed by atoms with Crippen molar-refractivity contribution in [3.63, 3.8) is 0 Å². The summed E-state index contributed by atoms with van der Waals surface area (Å²) in [6.45, 7) is 2.04. The lowest BCUT2D eigenvalue weighted by Crippen LogP contribution is -2.20. The minimum absolute atomic E-state index is 0.0302. The highest BCUT2D eigenvalue weighted by molar-refractivity contribution is 7.85. The first-order chi connectivity index (χ1) is 14.8. The highest BCUT2D eigenvalue weighted by Crippen LogP contribution is 2.26. The van der Waals surface area contributed by atoms with Crippen molar-refractivity contribution in [3.8, 4) is 6.07 Å². The average molecular weight is 440 g/mol. The van der Waals surface area contributed by atoms with Gasteiger partial charge in [0.1, 0.15) is 11.6 Å². The van der Waals surface area contributed by atoms with Crippen molar-refractivity contribution in [2.45, 2.75) is 50.0 Å². The van der Waals surface area contributed by atoms with Gasteiger partial charge in [0, 0.05) is 11.9 Å². The van der Waals surface area contributed by atoms with Gasteiger partial charge in [0.25, 0.3) is 16.0 Å². The Morgan fingerprint density at radius 1 is 1.16 bits per heavy atom. The molecule has 0 fully saturated rings. The zero-order valence-corrected chi connectivity index (χ0v) is 18.1. The van der Waals surface area contributed by atoms with Crippen LogP contribution in [-0.2, 0) is 27.8 Å². The fourth-order valence-electron chi connectivity index (χ4n) is 3.66. The Hall–Kier alpha value is -3.15. The van der Waals surface area contributed by atoms with Crippen LogP contribution in [0.3, 0.4) is 0 Å². The van der Waals surface area contributed by atoms with Crippen molar-refractivity contribution in [2.24, 2.45) is 0 Å². The smallest absolute Gasteiger partial charge is 0.294 e. The van der Waals surface area contributed by atoms with Gasteiger partial charge in [-0.25, -0.2) is 0 Å². The van der Waals surface area contributed by atoms with E-state index in [9.17, 15) is 18.5 Å². The first-order valence-corrected chi connectivity index (χ1v) is 11.6. The number of hydrogen-bond donors (Lipinski definition) is 3. The summed E-state index contributed by atoms with van der Waals surface area (Å²) in [5.74, 6) is -0.616.